The number of thiazole rings is 1. The Hall–Kier alpha value is -0.550. The third kappa shape index (κ3) is 3.31. The molecular weight excluding hydrogens is 206 g/mol. The van der Waals surface area contributed by atoms with Crippen LogP contribution in [0.25, 0.3) is 0 Å². The number of nitrogens with one attached hydrogen (secondary N) is 1. The molecule has 0 saturated carbocycles. The first-order chi connectivity index (χ1) is 6.54. The van der Waals surface area contributed by atoms with Crippen molar-refractivity contribution in [1.29, 1.82) is 0 Å². The third-order valence-corrected chi connectivity index (χ3v) is 2.85. The van der Waals surface area contributed by atoms with E-state index < -0.39 is 5.92 Å². The van der Waals surface area contributed by atoms with E-state index in [2.05, 4.69) is 10.3 Å². The fourth-order valence-corrected chi connectivity index (χ4v) is 1.86. The fraction of sp³-hybridized carbons (Fsp3) is 0.667. The van der Waals surface area contributed by atoms with Gasteiger partial charge in [-0.1, -0.05) is 0 Å². The molecule has 1 heterocycles. The zero-order valence-electron chi connectivity index (χ0n) is 8.31. The van der Waals surface area contributed by atoms with E-state index in [4.69, 9.17) is 0 Å². The molecule has 1 rings (SSSR count). The number of nitrogens with zero attached hydrogens (tertiary/aromatic N) is 1. The molecule has 0 fully saturated rings. The fourth-order valence-electron chi connectivity index (χ4n) is 1.07. The predicted molar refractivity (Wildman–Crippen MR) is 53.9 cm³/mol. The van der Waals surface area contributed by atoms with Crippen LogP contribution < -0.4 is 5.32 Å². The van der Waals surface area contributed by atoms with E-state index in [9.17, 15) is 8.78 Å². The van der Waals surface area contributed by atoms with Gasteiger partial charge in [-0.2, -0.15) is 8.78 Å². The number of hydrogen-bond acceptors (Lipinski definition) is 3. The molecule has 0 spiro atoms. The average Bonchev–Trinajstić information content (AvgIpc) is 2.52. The molecule has 0 bridgehead atoms. The van der Waals surface area contributed by atoms with Crippen LogP contribution in [0, 0.1) is 0 Å². The molecule has 0 radical (unpaired) electrons. The highest BCUT2D eigenvalue weighted by molar-refractivity contribution is 7.09. The van der Waals surface area contributed by atoms with Gasteiger partial charge in [0.1, 0.15) is 0 Å². The van der Waals surface area contributed by atoms with Crippen molar-refractivity contribution in [3.63, 3.8) is 0 Å². The summed E-state index contributed by atoms with van der Waals surface area (Å²) in [5.74, 6) is -2.80. The largest absolute Gasteiger partial charge is 0.320 e. The Morgan fingerprint density at radius 3 is 2.79 bits per heavy atom. The van der Waals surface area contributed by atoms with Gasteiger partial charge in [-0.15, -0.1) is 11.3 Å². The van der Waals surface area contributed by atoms with E-state index >= 15 is 0 Å². The van der Waals surface area contributed by atoms with Crippen molar-refractivity contribution in [2.45, 2.75) is 25.7 Å². The molecule has 14 heavy (non-hydrogen) atoms. The number of aromatic nitrogens is 1. The lowest BCUT2D eigenvalue weighted by atomic mass is 10.2. The number of hydrogen-bond donors (Lipinski definition) is 1. The zero-order chi connectivity index (χ0) is 10.6. The minimum absolute atomic E-state index is 0.0862. The van der Waals surface area contributed by atoms with Crippen LogP contribution in [0.2, 0.25) is 0 Å². The maximum atomic E-state index is 12.8. The predicted octanol–water partition coefficient (Wildman–Crippen LogP) is 2.41. The first-order valence-electron chi connectivity index (χ1n) is 4.51. The number of alkyl halides is 2. The molecule has 1 aromatic rings. The Labute approximate surface area is 86.4 Å². The van der Waals surface area contributed by atoms with E-state index in [1.807, 2.05) is 7.05 Å². The summed E-state index contributed by atoms with van der Waals surface area (Å²) in [5, 5.41) is 4.63. The molecule has 0 aliphatic heterocycles. The molecule has 0 unspecified atom stereocenters. The molecule has 1 N–H and O–H groups in total. The van der Waals surface area contributed by atoms with Gasteiger partial charge in [-0.05, 0) is 26.4 Å². The lowest BCUT2D eigenvalue weighted by Gasteiger charge is -2.04. The second-order valence-electron chi connectivity index (χ2n) is 3.24. The average molecular weight is 220 g/mol. The van der Waals surface area contributed by atoms with E-state index in [0.717, 1.165) is 43.3 Å². The quantitative estimate of drug-likeness (QED) is 0.771. The summed E-state index contributed by atoms with van der Waals surface area (Å²) < 4.78 is 25.6. The summed E-state index contributed by atoms with van der Waals surface area (Å²) in [7, 11) is 1.87. The monoisotopic (exact) mass is 220 g/mol. The summed E-state index contributed by atoms with van der Waals surface area (Å²) >= 11 is 1.03. The highest BCUT2D eigenvalue weighted by Crippen LogP contribution is 2.29. The van der Waals surface area contributed by atoms with Crippen molar-refractivity contribution in [2.24, 2.45) is 0 Å². The Kier molecular flexibility index (Phi) is 3.95. The molecule has 0 amide bonds. The van der Waals surface area contributed by atoms with Gasteiger partial charge in [-0.3, -0.25) is 0 Å². The number of halogens is 2. The van der Waals surface area contributed by atoms with Crippen LogP contribution in [0.1, 0.15) is 24.0 Å². The Morgan fingerprint density at radius 1 is 1.57 bits per heavy atom. The SMILES string of the molecule is CNCCCc1csc(C(C)(F)F)n1. The smallest absolute Gasteiger partial charge is 0.296 e. The van der Waals surface area contributed by atoms with Crippen molar-refractivity contribution < 1.29 is 8.78 Å². The minimum atomic E-state index is -2.80. The van der Waals surface area contributed by atoms with Crippen LogP contribution in [-0.2, 0) is 12.3 Å². The van der Waals surface area contributed by atoms with Crippen LogP contribution in [-0.4, -0.2) is 18.6 Å². The molecule has 2 nitrogen and oxygen atoms in total. The summed E-state index contributed by atoms with van der Waals surface area (Å²) in [6.45, 7) is 1.76. The van der Waals surface area contributed by atoms with Gasteiger partial charge in [-0.25, -0.2) is 4.98 Å². The van der Waals surface area contributed by atoms with Gasteiger partial charge in [0.2, 0.25) is 0 Å². The molecule has 0 saturated heterocycles. The number of rotatable bonds is 5. The number of aryl methyl sites for hydroxylation is 1. The van der Waals surface area contributed by atoms with Gasteiger partial charge in [0.15, 0.2) is 5.01 Å². The summed E-state index contributed by atoms with van der Waals surface area (Å²) in [6, 6.07) is 0. The molecule has 0 aromatic carbocycles. The summed E-state index contributed by atoms with van der Waals surface area (Å²) in [6.07, 6.45) is 1.68. The molecule has 80 valence electrons. The van der Waals surface area contributed by atoms with Gasteiger partial charge in [0, 0.05) is 12.3 Å². The van der Waals surface area contributed by atoms with Crippen molar-refractivity contribution in [3.8, 4) is 0 Å². The first-order valence-corrected chi connectivity index (χ1v) is 5.39. The van der Waals surface area contributed by atoms with Crippen LogP contribution in [0.3, 0.4) is 0 Å². The summed E-state index contributed by atoms with van der Waals surface area (Å²) in [5.41, 5.74) is 0.766. The Bertz CT molecular complexity index is 281. The lowest BCUT2D eigenvalue weighted by Crippen LogP contribution is -2.09. The highest BCUT2D eigenvalue weighted by Gasteiger charge is 2.28. The summed E-state index contributed by atoms with van der Waals surface area (Å²) in [4.78, 5) is 3.89. The molecule has 1 aromatic heterocycles. The van der Waals surface area contributed by atoms with E-state index in [1.165, 1.54) is 0 Å². The first kappa shape index (κ1) is 11.5. The molecular formula is C9H14F2N2S. The van der Waals surface area contributed by atoms with Crippen LogP contribution in [0.15, 0.2) is 5.38 Å². The molecule has 5 heteroatoms. The van der Waals surface area contributed by atoms with Crippen LogP contribution in [0.4, 0.5) is 8.78 Å². The van der Waals surface area contributed by atoms with E-state index in [-0.39, 0.29) is 5.01 Å². The lowest BCUT2D eigenvalue weighted by molar-refractivity contribution is 0.0171. The second-order valence-corrected chi connectivity index (χ2v) is 4.10. The van der Waals surface area contributed by atoms with E-state index in [1.54, 1.807) is 5.38 Å². The maximum absolute atomic E-state index is 12.8. The van der Waals surface area contributed by atoms with Gasteiger partial charge in [0.25, 0.3) is 5.92 Å². The Balaban J connectivity index is 2.51. The van der Waals surface area contributed by atoms with Crippen molar-refractivity contribution in [2.75, 3.05) is 13.6 Å². The molecule has 0 atom stereocenters. The maximum Gasteiger partial charge on any atom is 0.296 e. The minimum Gasteiger partial charge on any atom is -0.320 e. The normalized spacial score (nSPS) is 12.0. The second kappa shape index (κ2) is 4.79. The highest BCUT2D eigenvalue weighted by atomic mass is 32.1. The molecule has 0 aliphatic carbocycles. The van der Waals surface area contributed by atoms with Crippen molar-refractivity contribution in [1.82, 2.24) is 10.3 Å². The van der Waals surface area contributed by atoms with Gasteiger partial charge >= 0.3 is 0 Å². The van der Waals surface area contributed by atoms with Gasteiger partial charge < -0.3 is 5.32 Å². The van der Waals surface area contributed by atoms with Gasteiger partial charge in [0.05, 0.1) is 5.69 Å². The standard InChI is InChI=1S/C9H14F2N2S/c1-9(10,11)8-13-7(6-14-8)4-3-5-12-2/h6,12H,3-5H2,1-2H3. The van der Waals surface area contributed by atoms with Crippen molar-refractivity contribution >= 4 is 11.3 Å². The Morgan fingerprint density at radius 2 is 2.29 bits per heavy atom. The van der Waals surface area contributed by atoms with E-state index in [0.29, 0.717) is 0 Å². The third-order valence-electron chi connectivity index (χ3n) is 1.79. The molecule has 0 aliphatic rings. The van der Waals surface area contributed by atoms with Crippen LogP contribution >= 0.6 is 11.3 Å². The van der Waals surface area contributed by atoms with Crippen LogP contribution in [0.5, 0.6) is 0 Å². The topological polar surface area (TPSA) is 24.9 Å². The zero-order valence-corrected chi connectivity index (χ0v) is 9.13. The van der Waals surface area contributed by atoms with Crippen molar-refractivity contribution in [3.05, 3.63) is 16.1 Å².